The van der Waals surface area contributed by atoms with Crippen LogP contribution in [0.25, 0.3) is 0 Å². The summed E-state index contributed by atoms with van der Waals surface area (Å²) in [5.41, 5.74) is 2.87. The van der Waals surface area contributed by atoms with Crippen LogP contribution in [0.3, 0.4) is 0 Å². The van der Waals surface area contributed by atoms with Crippen molar-refractivity contribution >= 4 is 6.09 Å². The summed E-state index contributed by atoms with van der Waals surface area (Å²) in [6.45, 7) is 0. The van der Waals surface area contributed by atoms with E-state index < -0.39 is 6.09 Å². The maximum atomic E-state index is 11.4. The van der Waals surface area contributed by atoms with E-state index in [1.54, 1.807) is 0 Å². The molecular formula is C14H20N2O2. The van der Waals surface area contributed by atoms with Crippen LogP contribution >= 0.6 is 0 Å². The number of nitrogens with one attached hydrogen (secondary N) is 1. The van der Waals surface area contributed by atoms with Crippen LogP contribution in [0, 0.1) is 0 Å². The van der Waals surface area contributed by atoms with E-state index in [1.807, 2.05) is 18.2 Å². The first-order valence-electron chi connectivity index (χ1n) is 6.48. The number of nitrogens with two attached hydrogens (primary N) is 1. The van der Waals surface area contributed by atoms with E-state index in [0.717, 1.165) is 32.1 Å². The van der Waals surface area contributed by atoms with E-state index in [2.05, 4.69) is 17.6 Å². The van der Waals surface area contributed by atoms with E-state index in [-0.39, 0.29) is 5.60 Å². The van der Waals surface area contributed by atoms with Crippen LogP contribution in [0.5, 0.6) is 0 Å². The summed E-state index contributed by atoms with van der Waals surface area (Å²) in [6, 6.07) is 10.1. The highest BCUT2D eigenvalue weighted by molar-refractivity contribution is 5.66. The molecule has 0 unspecified atom stereocenters. The minimum Gasteiger partial charge on any atom is -0.442 e. The van der Waals surface area contributed by atoms with Crippen LogP contribution in [0.4, 0.5) is 4.79 Å². The van der Waals surface area contributed by atoms with E-state index >= 15 is 0 Å². The van der Waals surface area contributed by atoms with Gasteiger partial charge in [-0.05, 0) is 31.2 Å². The molecule has 98 valence electrons. The minimum atomic E-state index is -0.534. The standard InChI is InChI=1S/C14H20N2O2/c15-16-13(17)18-14(9-5-2-6-10-14)11-12-7-3-1-4-8-12/h1,3-4,7-8H,2,5-6,9-11,15H2,(H,16,17). The fourth-order valence-electron chi connectivity index (χ4n) is 2.71. The molecule has 1 aromatic rings. The molecule has 1 amide bonds. The number of hydrogen-bond donors (Lipinski definition) is 2. The molecule has 2 rings (SSSR count). The average Bonchev–Trinajstić information content (AvgIpc) is 2.40. The third-order valence-electron chi connectivity index (χ3n) is 3.56. The summed E-state index contributed by atoms with van der Waals surface area (Å²) in [6.07, 6.45) is 5.47. The Labute approximate surface area is 107 Å². The van der Waals surface area contributed by atoms with Gasteiger partial charge in [0.1, 0.15) is 5.60 Å². The Morgan fingerprint density at radius 2 is 1.89 bits per heavy atom. The zero-order chi connectivity index (χ0) is 12.8. The highest BCUT2D eigenvalue weighted by atomic mass is 16.6. The molecule has 0 aromatic heterocycles. The van der Waals surface area contributed by atoms with Crippen LogP contribution in [-0.4, -0.2) is 11.7 Å². The van der Waals surface area contributed by atoms with Crippen LogP contribution < -0.4 is 11.3 Å². The lowest BCUT2D eigenvalue weighted by molar-refractivity contribution is -0.0163. The first-order valence-corrected chi connectivity index (χ1v) is 6.48. The van der Waals surface area contributed by atoms with Crippen LogP contribution in [-0.2, 0) is 11.2 Å². The topological polar surface area (TPSA) is 64.3 Å². The van der Waals surface area contributed by atoms with E-state index in [1.165, 1.54) is 12.0 Å². The molecule has 18 heavy (non-hydrogen) atoms. The Morgan fingerprint density at radius 1 is 1.22 bits per heavy atom. The number of rotatable bonds is 3. The first-order chi connectivity index (χ1) is 8.74. The summed E-state index contributed by atoms with van der Waals surface area (Å²) in [4.78, 5) is 11.4. The van der Waals surface area contributed by atoms with Gasteiger partial charge < -0.3 is 4.74 Å². The maximum Gasteiger partial charge on any atom is 0.421 e. The van der Waals surface area contributed by atoms with Gasteiger partial charge in [0.2, 0.25) is 0 Å². The fourth-order valence-corrected chi connectivity index (χ4v) is 2.71. The van der Waals surface area contributed by atoms with Gasteiger partial charge in [0, 0.05) is 6.42 Å². The monoisotopic (exact) mass is 248 g/mol. The van der Waals surface area contributed by atoms with Gasteiger partial charge in [0.25, 0.3) is 0 Å². The molecule has 0 radical (unpaired) electrons. The van der Waals surface area contributed by atoms with Crippen molar-refractivity contribution in [3.8, 4) is 0 Å². The average molecular weight is 248 g/mol. The number of benzene rings is 1. The molecule has 4 heteroatoms. The minimum absolute atomic E-state index is 0.386. The van der Waals surface area contributed by atoms with E-state index in [4.69, 9.17) is 10.6 Å². The van der Waals surface area contributed by atoms with Gasteiger partial charge >= 0.3 is 6.09 Å². The normalized spacial score (nSPS) is 18.1. The SMILES string of the molecule is NNC(=O)OC1(Cc2ccccc2)CCCCC1. The van der Waals surface area contributed by atoms with Crippen molar-refractivity contribution in [3.63, 3.8) is 0 Å². The van der Waals surface area contributed by atoms with Gasteiger partial charge in [-0.1, -0.05) is 36.8 Å². The van der Waals surface area contributed by atoms with E-state index in [0.29, 0.717) is 0 Å². The van der Waals surface area contributed by atoms with E-state index in [9.17, 15) is 4.79 Å². The molecule has 0 bridgehead atoms. The Morgan fingerprint density at radius 3 is 2.50 bits per heavy atom. The summed E-state index contributed by atoms with van der Waals surface area (Å²) in [5, 5.41) is 0. The number of carbonyl (C=O) groups excluding carboxylic acids is 1. The van der Waals surface area contributed by atoms with Crippen LogP contribution in [0.1, 0.15) is 37.7 Å². The molecular weight excluding hydrogens is 228 g/mol. The molecule has 1 aliphatic rings. The molecule has 4 nitrogen and oxygen atoms in total. The molecule has 3 N–H and O–H groups in total. The lowest BCUT2D eigenvalue weighted by Crippen LogP contribution is -2.44. The van der Waals surface area contributed by atoms with Gasteiger partial charge in [0.05, 0.1) is 0 Å². The number of amides is 1. The largest absolute Gasteiger partial charge is 0.442 e. The lowest BCUT2D eigenvalue weighted by atomic mass is 9.80. The zero-order valence-corrected chi connectivity index (χ0v) is 10.5. The lowest BCUT2D eigenvalue weighted by Gasteiger charge is -2.36. The second-order valence-electron chi connectivity index (χ2n) is 4.94. The predicted octanol–water partition coefficient (Wildman–Crippen LogP) is 2.53. The van der Waals surface area contributed by atoms with Gasteiger partial charge in [-0.15, -0.1) is 0 Å². The van der Waals surface area contributed by atoms with Gasteiger partial charge in [-0.3, -0.25) is 5.43 Å². The highest BCUT2D eigenvalue weighted by Crippen LogP contribution is 2.34. The number of hydrazine groups is 1. The second-order valence-corrected chi connectivity index (χ2v) is 4.94. The molecule has 1 saturated carbocycles. The molecule has 0 aliphatic heterocycles. The van der Waals surface area contributed by atoms with Gasteiger partial charge in [-0.25, -0.2) is 10.6 Å². The molecule has 0 heterocycles. The Bertz CT molecular complexity index is 386. The molecule has 1 aliphatic carbocycles. The second kappa shape index (κ2) is 5.87. The molecule has 1 aromatic carbocycles. The van der Waals surface area contributed by atoms with Gasteiger partial charge in [0.15, 0.2) is 0 Å². The smallest absolute Gasteiger partial charge is 0.421 e. The van der Waals surface area contributed by atoms with Crippen molar-refractivity contribution in [2.24, 2.45) is 5.84 Å². The Kier molecular flexibility index (Phi) is 4.20. The first kappa shape index (κ1) is 12.9. The van der Waals surface area contributed by atoms with Crippen molar-refractivity contribution in [1.82, 2.24) is 5.43 Å². The molecule has 0 atom stereocenters. The summed E-state index contributed by atoms with van der Waals surface area (Å²) < 4.78 is 5.56. The Balaban J connectivity index is 2.11. The Hall–Kier alpha value is -1.55. The molecule has 0 spiro atoms. The molecule has 1 fully saturated rings. The third-order valence-corrected chi connectivity index (χ3v) is 3.56. The summed E-state index contributed by atoms with van der Waals surface area (Å²) in [5.74, 6) is 5.12. The zero-order valence-electron chi connectivity index (χ0n) is 10.5. The highest BCUT2D eigenvalue weighted by Gasteiger charge is 2.36. The van der Waals surface area contributed by atoms with Crippen molar-refractivity contribution in [2.45, 2.75) is 44.1 Å². The maximum absolute atomic E-state index is 11.4. The van der Waals surface area contributed by atoms with Gasteiger partial charge in [-0.2, -0.15) is 0 Å². The quantitative estimate of drug-likeness (QED) is 0.491. The van der Waals surface area contributed by atoms with Crippen molar-refractivity contribution in [2.75, 3.05) is 0 Å². The van der Waals surface area contributed by atoms with Crippen molar-refractivity contribution in [3.05, 3.63) is 35.9 Å². The molecule has 0 saturated heterocycles. The van der Waals surface area contributed by atoms with Crippen molar-refractivity contribution < 1.29 is 9.53 Å². The van der Waals surface area contributed by atoms with Crippen LogP contribution in [0.15, 0.2) is 30.3 Å². The predicted molar refractivity (Wildman–Crippen MR) is 69.8 cm³/mol. The summed E-state index contributed by atoms with van der Waals surface area (Å²) in [7, 11) is 0. The fraction of sp³-hybridized carbons (Fsp3) is 0.500. The van der Waals surface area contributed by atoms with Crippen molar-refractivity contribution in [1.29, 1.82) is 0 Å². The third kappa shape index (κ3) is 3.23. The number of carbonyl (C=O) groups is 1. The van der Waals surface area contributed by atoms with Crippen LogP contribution in [0.2, 0.25) is 0 Å². The summed E-state index contributed by atoms with van der Waals surface area (Å²) >= 11 is 0. The number of hydrogen-bond acceptors (Lipinski definition) is 3. The number of ether oxygens (including phenoxy) is 1.